The molecule has 1 fully saturated rings. The standard InChI is InChI=1S/C19H17F3N4O3S2/c20-19(21,22)9-23-16(28)12-3-1-5-26(12)14(27)7-25-10-24-17-15(18(25)29)11(8-31-17)13-4-2-6-30-13/h2,4,6,8,10,12H,1,3,5,7,9H2,(H,23,28). The second kappa shape index (κ2) is 8.42. The molecule has 0 aliphatic carbocycles. The van der Waals surface area contributed by atoms with Gasteiger partial charge in [0, 0.05) is 22.4 Å². The van der Waals surface area contributed by atoms with Gasteiger partial charge in [0.15, 0.2) is 0 Å². The molecule has 31 heavy (non-hydrogen) atoms. The molecule has 0 saturated carbocycles. The quantitative estimate of drug-likeness (QED) is 0.622. The van der Waals surface area contributed by atoms with Crippen LogP contribution in [-0.2, 0) is 16.1 Å². The van der Waals surface area contributed by atoms with E-state index in [2.05, 4.69) is 4.98 Å². The number of thiophene rings is 2. The molecule has 1 aliphatic heterocycles. The second-order valence-electron chi connectivity index (χ2n) is 7.06. The third-order valence-electron chi connectivity index (χ3n) is 4.99. The third kappa shape index (κ3) is 4.49. The Hall–Kier alpha value is -2.73. The van der Waals surface area contributed by atoms with E-state index in [9.17, 15) is 27.6 Å². The topological polar surface area (TPSA) is 84.3 Å². The monoisotopic (exact) mass is 470 g/mol. The molecule has 1 unspecified atom stereocenters. The zero-order chi connectivity index (χ0) is 22.2. The molecule has 0 radical (unpaired) electrons. The number of likely N-dealkylation sites (tertiary alicyclic amines) is 1. The molecule has 0 spiro atoms. The minimum Gasteiger partial charge on any atom is -0.345 e. The number of alkyl halides is 3. The maximum atomic E-state index is 13.0. The Kier molecular flexibility index (Phi) is 5.84. The number of amides is 2. The van der Waals surface area contributed by atoms with E-state index in [0.717, 1.165) is 10.4 Å². The molecule has 12 heteroatoms. The van der Waals surface area contributed by atoms with Crippen LogP contribution in [0.4, 0.5) is 13.2 Å². The molecule has 2 amide bonds. The van der Waals surface area contributed by atoms with Crippen LogP contribution in [0.1, 0.15) is 12.8 Å². The first-order valence-electron chi connectivity index (χ1n) is 9.39. The third-order valence-corrected chi connectivity index (χ3v) is 6.78. The Labute approximate surface area is 182 Å². The van der Waals surface area contributed by atoms with Gasteiger partial charge in [0.05, 0.1) is 11.7 Å². The Bertz CT molecular complexity index is 1170. The van der Waals surface area contributed by atoms with Crippen molar-refractivity contribution in [2.45, 2.75) is 31.6 Å². The van der Waals surface area contributed by atoms with Gasteiger partial charge in [-0.2, -0.15) is 13.2 Å². The molecule has 164 valence electrons. The van der Waals surface area contributed by atoms with Gasteiger partial charge in [-0.1, -0.05) is 6.07 Å². The fraction of sp³-hybridized carbons (Fsp3) is 0.368. The van der Waals surface area contributed by atoms with E-state index in [0.29, 0.717) is 16.6 Å². The summed E-state index contributed by atoms with van der Waals surface area (Å²) in [6.45, 7) is -1.55. The van der Waals surface area contributed by atoms with Crippen molar-refractivity contribution in [1.29, 1.82) is 0 Å². The summed E-state index contributed by atoms with van der Waals surface area (Å²) < 4.78 is 38.3. The van der Waals surface area contributed by atoms with E-state index in [1.807, 2.05) is 28.2 Å². The van der Waals surface area contributed by atoms with Gasteiger partial charge in [-0.15, -0.1) is 22.7 Å². The van der Waals surface area contributed by atoms with E-state index < -0.39 is 30.6 Å². The lowest BCUT2D eigenvalue weighted by Crippen LogP contribution is -2.49. The fourth-order valence-corrected chi connectivity index (χ4v) is 5.29. The Balaban J connectivity index is 1.54. The average molecular weight is 470 g/mol. The van der Waals surface area contributed by atoms with Crippen LogP contribution in [0.25, 0.3) is 20.7 Å². The van der Waals surface area contributed by atoms with Crippen LogP contribution in [0.2, 0.25) is 0 Å². The maximum absolute atomic E-state index is 13.0. The largest absolute Gasteiger partial charge is 0.405 e. The van der Waals surface area contributed by atoms with E-state index in [4.69, 9.17) is 0 Å². The van der Waals surface area contributed by atoms with Crippen LogP contribution < -0.4 is 10.9 Å². The molecule has 4 rings (SSSR count). The lowest BCUT2D eigenvalue weighted by atomic mass is 10.2. The van der Waals surface area contributed by atoms with Crippen LogP contribution in [0.3, 0.4) is 0 Å². The summed E-state index contributed by atoms with van der Waals surface area (Å²) >= 11 is 2.82. The summed E-state index contributed by atoms with van der Waals surface area (Å²) in [4.78, 5) is 45.0. The molecular formula is C19H17F3N4O3S2. The van der Waals surface area contributed by atoms with Gasteiger partial charge in [0.1, 0.15) is 24.0 Å². The van der Waals surface area contributed by atoms with Crippen LogP contribution in [0, 0.1) is 0 Å². The highest BCUT2D eigenvalue weighted by molar-refractivity contribution is 7.18. The molecule has 1 aliphatic rings. The summed E-state index contributed by atoms with van der Waals surface area (Å²) in [5.41, 5.74) is 0.375. The minimum atomic E-state index is -4.53. The van der Waals surface area contributed by atoms with Gasteiger partial charge in [0.25, 0.3) is 5.56 Å². The van der Waals surface area contributed by atoms with Crippen molar-refractivity contribution in [3.05, 3.63) is 39.6 Å². The van der Waals surface area contributed by atoms with Crippen molar-refractivity contribution in [3.8, 4) is 10.4 Å². The maximum Gasteiger partial charge on any atom is 0.405 e. The molecular weight excluding hydrogens is 453 g/mol. The highest BCUT2D eigenvalue weighted by atomic mass is 32.1. The number of nitrogens with zero attached hydrogens (tertiary/aromatic N) is 3. The van der Waals surface area contributed by atoms with Crippen molar-refractivity contribution in [2.75, 3.05) is 13.1 Å². The Morgan fingerprint density at radius 1 is 1.29 bits per heavy atom. The van der Waals surface area contributed by atoms with E-state index in [-0.39, 0.29) is 25.1 Å². The van der Waals surface area contributed by atoms with Crippen LogP contribution in [-0.4, -0.2) is 51.6 Å². The number of halogens is 3. The van der Waals surface area contributed by atoms with E-state index >= 15 is 0 Å². The first-order chi connectivity index (χ1) is 14.7. The molecule has 0 aromatic carbocycles. The molecule has 7 nitrogen and oxygen atoms in total. The number of hydrogen-bond acceptors (Lipinski definition) is 6. The number of carbonyl (C=O) groups excluding carboxylic acids is 2. The lowest BCUT2D eigenvalue weighted by molar-refractivity contribution is -0.145. The second-order valence-corrected chi connectivity index (χ2v) is 8.87. The summed E-state index contributed by atoms with van der Waals surface area (Å²) in [6, 6.07) is 2.78. The molecule has 4 heterocycles. The molecule has 3 aromatic heterocycles. The summed E-state index contributed by atoms with van der Waals surface area (Å²) in [7, 11) is 0. The molecule has 3 aromatic rings. The first-order valence-corrected chi connectivity index (χ1v) is 11.1. The van der Waals surface area contributed by atoms with Crippen molar-refractivity contribution in [1.82, 2.24) is 19.8 Å². The predicted molar refractivity (Wildman–Crippen MR) is 111 cm³/mol. The number of nitrogens with one attached hydrogen (secondary N) is 1. The van der Waals surface area contributed by atoms with Gasteiger partial charge < -0.3 is 10.2 Å². The predicted octanol–water partition coefficient (Wildman–Crippen LogP) is 2.86. The molecule has 0 bridgehead atoms. The number of aromatic nitrogens is 2. The number of rotatable bonds is 5. The Morgan fingerprint density at radius 2 is 2.10 bits per heavy atom. The molecule has 1 atom stereocenters. The van der Waals surface area contributed by atoms with Crippen LogP contribution in [0.15, 0.2) is 34.0 Å². The Morgan fingerprint density at radius 3 is 2.81 bits per heavy atom. The summed E-state index contributed by atoms with van der Waals surface area (Å²) in [6.07, 6.45) is -2.48. The highest BCUT2D eigenvalue weighted by Gasteiger charge is 2.36. The normalized spacial score (nSPS) is 16.7. The zero-order valence-corrected chi connectivity index (χ0v) is 17.6. The first kappa shape index (κ1) is 21.5. The molecule has 1 N–H and O–H groups in total. The van der Waals surface area contributed by atoms with Gasteiger partial charge in [-0.3, -0.25) is 19.0 Å². The highest BCUT2D eigenvalue weighted by Crippen LogP contribution is 2.33. The molecule has 1 saturated heterocycles. The number of hydrogen-bond donors (Lipinski definition) is 1. The van der Waals surface area contributed by atoms with Crippen molar-refractivity contribution < 1.29 is 22.8 Å². The fourth-order valence-electron chi connectivity index (χ4n) is 3.57. The van der Waals surface area contributed by atoms with E-state index in [1.165, 1.54) is 38.5 Å². The van der Waals surface area contributed by atoms with Crippen molar-refractivity contribution in [3.63, 3.8) is 0 Å². The SMILES string of the molecule is O=C(NCC(F)(F)F)C1CCCN1C(=O)Cn1cnc2scc(-c3cccs3)c2c1=O. The zero-order valence-electron chi connectivity index (χ0n) is 16.0. The van der Waals surface area contributed by atoms with Gasteiger partial charge in [-0.25, -0.2) is 4.98 Å². The number of fused-ring (bicyclic) bond motifs is 1. The summed E-state index contributed by atoms with van der Waals surface area (Å²) in [5, 5.41) is 6.00. The van der Waals surface area contributed by atoms with Gasteiger partial charge in [-0.05, 0) is 24.3 Å². The van der Waals surface area contributed by atoms with Crippen molar-refractivity contribution in [2.24, 2.45) is 0 Å². The van der Waals surface area contributed by atoms with Crippen LogP contribution >= 0.6 is 22.7 Å². The van der Waals surface area contributed by atoms with Crippen molar-refractivity contribution >= 4 is 44.7 Å². The van der Waals surface area contributed by atoms with Gasteiger partial charge in [0.2, 0.25) is 11.8 Å². The lowest BCUT2D eigenvalue weighted by Gasteiger charge is -2.24. The van der Waals surface area contributed by atoms with Crippen LogP contribution in [0.5, 0.6) is 0 Å². The van der Waals surface area contributed by atoms with Gasteiger partial charge >= 0.3 is 6.18 Å². The smallest absolute Gasteiger partial charge is 0.345 e. The summed E-state index contributed by atoms with van der Waals surface area (Å²) in [5.74, 6) is -1.36. The van der Waals surface area contributed by atoms with E-state index in [1.54, 1.807) is 0 Å². The minimum absolute atomic E-state index is 0.242. The number of carbonyl (C=O) groups is 2. The average Bonchev–Trinajstić information content (AvgIpc) is 3.46.